The van der Waals surface area contributed by atoms with Gasteiger partial charge < -0.3 is 5.32 Å². The van der Waals surface area contributed by atoms with Crippen LogP contribution in [0.5, 0.6) is 0 Å². The smallest absolute Gasteiger partial charge is 0.243 e. The van der Waals surface area contributed by atoms with Gasteiger partial charge in [0.1, 0.15) is 6.07 Å². The Balaban J connectivity index is 2.15. The van der Waals surface area contributed by atoms with E-state index in [-0.39, 0.29) is 22.0 Å². The highest BCUT2D eigenvalue weighted by atomic mass is 79.9. The molecule has 136 valence electrons. The summed E-state index contributed by atoms with van der Waals surface area (Å²) >= 11 is 9.23. The number of benzene rings is 2. The summed E-state index contributed by atoms with van der Waals surface area (Å²) < 4.78 is 27.0. The van der Waals surface area contributed by atoms with Gasteiger partial charge in [-0.25, -0.2) is 8.42 Å². The van der Waals surface area contributed by atoms with Crippen LogP contribution in [0.15, 0.2) is 45.8 Å². The number of hydrogen-bond acceptors (Lipinski definition) is 4. The largest absolute Gasteiger partial charge is 0.325 e. The first-order valence-electron chi connectivity index (χ1n) is 7.37. The number of nitrogens with zero attached hydrogens (tertiary/aromatic N) is 2. The molecule has 1 N–H and O–H groups in total. The second-order valence-corrected chi connectivity index (χ2v) is 8.89. The third kappa shape index (κ3) is 4.62. The van der Waals surface area contributed by atoms with Gasteiger partial charge in [-0.3, -0.25) is 4.79 Å². The van der Waals surface area contributed by atoms with Crippen molar-refractivity contribution in [3.8, 4) is 6.07 Å². The predicted molar refractivity (Wildman–Crippen MR) is 103 cm³/mol. The third-order valence-electron chi connectivity index (χ3n) is 3.60. The summed E-state index contributed by atoms with van der Waals surface area (Å²) in [4.78, 5) is 12.1. The molecule has 2 rings (SSSR count). The molecule has 6 nitrogen and oxygen atoms in total. The average molecular weight is 457 g/mol. The Bertz CT molecular complexity index is 1000. The van der Waals surface area contributed by atoms with Gasteiger partial charge in [-0.2, -0.15) is 9.57 Å². The van der Waals surface area contributed by atoms with E-state index in [1.807, 2.05) is 19.1 Å². The lowest BCUT2D eigenvalue weighted by atomic mass is 10.2. The fourth-order valence-electron chi connectivity index (χ4n) is 2.17. The number of hydrogen-bond donors (Lipinski definition) is 1. The zero-order valence-corrected chi connectivity index (χ0v) is 17.1. The zero-order chi connectivity index (χ0) is 19.5. The first-order chi connectivity index (χ1) is 12.1. The second-order valence-electron chi connectivity index (χ2n) is 5.52. The van der Waals surface area contributed by atoms with Gasteiger partial charge in [-0.05, 0) is 48.9 Å². The molecule has 0 aliphatic rings. The fourth-order valence-corrected chi connectivity index (χ4v) is 4.09. The Morgan fingerprint density at radius 1 is 1.31 bits per heavy atom. The Kier molecular flexibility index (Phi) is 6.42. The van der Waals surface area contributed by atoms with Gasteiger partial charge in [0.25, 0.3) is 0 Å². The number of amides is 1. The number of aryl methyl sites for hydroxylation is 1. The average Bonchev–Trinajstić information content (AvgIpc) is 2.57. The Morgan fingerprint density at radius 3 is 2.58 bits per heavy atom. The van der Waals surface area contributed by atoms with Crippen molar-refractivity contribution in [2.45, 2.75) is 11.8 Å². The number of likely N-dealkylation sites (N-methyl/N-ethyl adjacent to an activating group) is 1. The molecule has 2 aromatic rings. The maximum atomic E-state index is 12.6. The minimum absolute atomic E-state index is 0.0388. The van der Waals surface area contributed by atoms with Gasteiger partial charge in [-0.15, -0.1) is 0 Å². The molecule has 0 unspecified atom stereocenters. The quantitative estimate of drug-likeness (QED) is 0.745. The van der Waals surface area contributed by atoms with Crippen molar-refractivity contribution in [3.63, 3.8) is 0 Å². The number of nitrogens with one attached hydrogen (secondary N) is 1. The molecule has 0 radical (unpaired) electrons. The van der Waals surface area contributed by atoms with E-state index in [1.165, 1.54) is 25.2 Å². The number of carbonyl (C=O) groups excluding carboxylic acids is 1. The molecule has 0 aliphatic carbocycles. The summed E-state index contributed by atoms with van der Waals surface area (Å²) in [5.74, 6) is -0.471. The normalized spacial score (nSPS) is 11.2. The molecule has 0 aliphatic heterocycles. The van der Waals surface area contributed by atoms with Crippen LogP contribution >= 0.6 is 27.5 Å². The van der Waals surface area contributed by atoms with E-state index in [9.17, 15) is 13.2 Å². The molecule has 2 aromatic carbocycles. The molecule has 1 amide bonds. The maximum absolute atomic E-state index is 12.6. The van der Waals surface area contributed by atoms with Crippen LogP contribution in [0.1, 0.15) is 11.1 Å². The molecule has 0 atom stereocenters. The molecule has 0 heterocycles. The molecule has 0 saturated heterocycles. The Labute approximate surface area is 165 Å². The van der Waals surface area contributed by atoms with E-state index in [1.54, 1.807) is 12.1 Å². The molecule has 26 heavy (non-hydrogen) atoms. The summed E-state index contributed by atoms with van der Waals surface area (Å²) in [5, 5.41) is 11.6. The number of halogens is 2. The third-order valence-corrected chi connectivity index (χ3v) is 6.20. The summed E-state index contributed by atoms with van der Waals surface area (Å²) in [6.45, 7) is 1.47. The standard InChI is InChI=1S/C17H15BrClN3O3S/c1-11-7-13(18)4-6-16(11)21-17(23)10-22(2)26(24,25)14-5-3-12(9-20)15(19)8-14/h3-8H,10H2,1-2H3,(H,21,23). The van der Waals surface area contributed by atoms with Gasteiger partial charge in [0.2, 0.25) is 15.9 Å². The van der Waals surface area contributed by atoms with Gasteiger partial charge in [0, 0.05) is 17.2 Å². The van der Waals surface area contributed by atoms with Crippen molar-refractivity contribution in [2.24, 2.45) is 0 Å². The lowest BCUT2D eigenvalue weighted by Crippen LogP contribution is -2.35. The van der Waals surface area contributed by atoms with E-state index in [2.05, 4.69) is 21.2 Å². The number of rotatable bonds is 5. The van der Waals surface area contributed by atoms with Crippen LogP contribution in [0.25, 0.3) is 0 Å². The first kappa shape index (κ1) is 20.4. The van der Waals surface area contributed by atoms with Crippen LogP contribution in [0.2, 0.25) is 5.02 Å². The molecule has 0 spiro atoms. The molecule has 0 bridgehead atoms. The summed E-state index contributed by atoms with van der Waals surface area (Å²) in [5.41, 5.74) is 1.62. The van der Waals surface area contributed by atoms with E-state index < -0.39 is 15.9 Å². The highest BCUT2D eigenvalue weighted by Gasteiger charge is 2.24. The van der Waals surface area contributed by atoms with Crippen molar-refractivity contribution in [2.75, 3.05) is 18.9 Å². The van der Waals surface area contributed by atoms with Crippen LogP contribution in [-0.2, 0) is 14.8 Å². The van der Waals surface area contributed by atoms with Crippen LogP contribution in [-0.4, -0.2) is 32.2 Å². The molecule has 0 fully saturated rings. The van der Waals surface area contributed by atoms with Crippen molar-refractivity contribution >= 4 is 49.1 Å². The lowest BCUT2D eigenvalue weighted by molar-refractivity contribution is -0.116. The predicted octanol–water partition coefficient (Wildman–Crippen LogP) is 3.54. The molecular formula is C17H15BrClN3O3S. The van der Waals surface area contributed by atoms with Crippen LogP contribution in [0, 0.1) is 18.3 Å². The SMILES string of the molecule is Cc1cc(Br)ccc1NC(=O)CN(C)S(=O)(=O)c1ccc(C#N)c(Cl)c1. The number of sulfonamides is 1. The number of carbonyl (C=O) groups is 1. The van der Waals surface area contributed by atoms with Gasteiger partial charge >= 0.3 is 0 Å². The topological polar surface area (TPSA) is 90.3 Å². The highest BCUT2D eigenvalue weighted by molar-refractivity contribution is 9.10. The summed E-state index contributed by atoms with van der Waals surface area (Å²) in [6.07, 6.45) is 0. The second kappa shape index (κ2) is 8.18. The van der Waals surface area contributed by atoms with Crippen molar-refractivity contribution in [1.29, 1.82) is 5.26 Å². The van der Waals surface area contributed by atoms with Crippen LogP contribution < -0.4 is 5.32 Å². The van der Waals surface area contributed by atoms with Crippen LogP contribution in [0.4, 0.5) is 5.69 Å². The minimum Gasteiger partial charge on any atom is -0.325 e. The zero-order valence-electron chi connectivity index (χ0n) is 14.0. The Morgan fingerprint density at radius 2 is 2.00 bits per heavy atom. The van der Waals surface area contributed by atoms with Crippen LogP contribution in [0.3, 0.4) is 0 Å². The first-order valence-corrected chi connectivity index (χ1v) is 9.98. The summed E-state index contributed by atoms with van der Waals surface area (Å²) in [6, 6.07) is 11.0. The van der Waals surface area contributed by atoms with Crippen molar-refractivity contribution in [3.05, 3.63) is 57.0 Å². The minimum atomic E-state index is -3.92. The fraction of sp³-hybridized carbons (Fsp3) is 0.176. The van der Waals surface area contributed by atoms with E-state index in [0.29, 0.717) is 5.69 Å². The van der Waals surface area contributed by atoms with Gasteiger partial charge in [0.15, 0.2) is 0 Å². The number of nitriles is 1. The van der Waals surface area contributed by atoms with Crippen molar-refractivity contribution in [1.82, 2.24) is 4.31 Å². The maximum Gasteiger partial charge on any atom is 0.243 e. The molecule has 9 heteroatoms. The molecular weight excluding hydrogens is 442 g/mol. The Hall–Kier alpha value is -1.92. The number of anilines is 1. The highest BCUT2D eigenvalue weighted by Crippen LogP contribution is 2.23. The van der Waals surface area contributed by atoms with E-state index in [4.69, 9.17) is 16.9 Å². The van der Waals surface area contributed by atoms with E-state index >= 15 is 0 Å². The monoisotopic (exact) mass is 455 g/mol. The molecule has 0 saturated carbocycles. The summed E-state index contributed by atoms with van der Waals surface area (Å²) in [7, 11) is -2.62. The van der Waals surface area contributed by atoms with Gasteiger partial charge in [0.05, 0.1) is 22.0 Å². The molecule has 0 aromatic heterocycles. The lowest BCUT2D eigenvalue weighted by Gasteiger charge is -2.17. The van der Waals surface area contributed by atoms with Crippen molar-refractivity contribution < 1.29 is 13.2 Å². The van der Waals surface area contributed by atoms with Gasteiger partial charge in [-0.1, -0.05) is 27.5 Å². The van der Waals surface area contributed by atoms with E-state index in [0.717, 1.165) is 14.3 Å².